The number of rotatable bonds is 4. The topological polar surface area (TPSA) is 58.6 Å². The Morgan fingerprint density at radius 3 is 2.52 bits per heavy atom. The van der Waals surface area contributed by atoms with E-state index in [0.29, 0.717) is 11.4 Å². The van der Waals surface area contributed by atoms with Crippen molar-refractivity contribution in [2.75, 3.05) is 12.4 Å². The van der Waals surface area contributed by atoms with E-state index in [-0.39, 0.29) is 5.56 Å². The van der Waals surface area contributed by atoms with Crippen LogP contribution in [0.1, 0.15) is 15.9 Å². The van der Waals surface area contributed by atoms with E-state index in [9.17, 15) is 9.90 Å². The minimum atomic E-state index is -0.963. The van der Waals surface area contributed by atoms with Crippen molar-refractivity contribution in [1.29, 1.82) is 0 Å². The third-order valence-electron chi connectivity index (χ3n) is 3.86. The van der Waals surface area contributed by atoms with Crippen LogP contribution in [0.4, 0.5) is 11.4 Å². The predicted molar refractivity (Wildman–Crippen MR) is 91.9 cm³/mol. The zero-order chi connectivity index (χ0) is 16.4. The number of ether oxygens (including phenoxy) is 1. The smallest absolute Gasteiger partial charge is 0.337 e. The first kappa shape index (κ1) is 14.9. The highest BCUT2D eigenvalue weighted by Gasteiger charge is 2.15. The third kappa shape index (κ3) is 2.71. The summed E-state index contributed by atoms with van der Waals surface area (Å²) in [6.45, 7) is 1.88. The highest BCUT2D eigenvalue weighted by molar-refractivity contribution is 6.02. The van der Waals surface area contributed by atoms with Gasteiger partial charge in [0, 0.05) is 5.39 Å². The van der Waals surface area contributed by atoms with Gasteiger partial charge in [-0.05, 0) is 30.0 Å². The number of carboxylic acid groups (broad SMARTS) is 1. The fourth-order valence-corrected chi connectivity index (χ4v) is 2.69. The van der Waals surface area contributed by atoms with Crippen LogP contribution >= 0.6 is 0 Å². The molecule has 4 nitrogen and oxygen atoms in total. The van der Waals surface area contributed by atoms with Crippen molar-refractivity contribution in [2.24, 2.45) is 0 Å². The van der Waals surface area contributed by atoms with Gasteiger partial charge in [0.25, 0.3) is 0 Å². The first-order valence-electron chi connectivity index (χ1n) is 7.27. The number of para-hydroxylation sites is 1. The van der Waals surface area contributed by atoms with Gasteiger partial charge in [-0.2, -0.15) is 0 Å². The van der Waals surface area contributed by atoms with Crippen LogP contribution in [0.25, 0.3) is 10.8 Å². The summed E-state index contributed by atoms with van der Waals surface area (Å²) in [5, 5.41) is 14.8. The monoisotopic (exact) mass is 307 g/mol. The van der Waals surface area contributed by atoms with E-state index < -0.39 is 5.97 Å². The van der Waals surface area contributed by atoms with Gasteiger partial charge in [0.05, 0.1) is 24.0 Å². The summed E-state index contributed by atoms with van der Waals surface area (Å²) < 4.78 is 5.46. The molecule has 0 spiro atoms. The van der Waals surface area contributed by atoms with E-state index in [4.69, 9.17) is 4.74 Å². The average molecular weight is 307 g/mol. The standard InChI is InChI=1S/C19H17NO3/c1-12-6-5-9-15(19(21)22)17(12)20-18-14-8-4-3-7-13(14)10-11-16(18)23-2/h3-11,20H,1-2H3,(H,21,22). The summed E-state index contributed by atoms with van der Waals surface area (Å²) in [5.41, 5.74) is 2.44. The van der Waals surface area contributed by atoms with Crippen molar-refractivity contribution in [1.82, 2.24) is 0 Å². The van der Waals surface area contributed by atoms with Gasteiger partial charge in [0.15, 0.2) is 0 Å². The number of fused-ring (bicyclic) bond motifs is 1. The molecular weight excluding hydrogens is 290 g/mol. The molecule has 0 fully saturated rings. The summed E-state index contributed by atoms with van der Waals surface area (Å²) in [7, 11) is 1.60. The quantitative estimate of drug-likeness (QED) is 0.739. The van der Waals surface area contributed by atoms with Crippen LogP contribution in [0.2, 0.25) is 0 Å². The molecular formula is C19H17NO3. The molecule has 0 saturated heterocycles. The lowest BCUT2D eigenvalue weighted by atomic mass is 10.0. The second kappa shape index (κ2) is 6.01. The van der Waals surface area contributed by atoms with Crippen molar-refractivity contribution in [3.63, 3.8) is 0 Å². The molecule has 4 heteroatoms. The SMILES string of the molecule is COc1ccc2ccccc2c1Nc1c(C)cccc1C(=O)O. The molecule has 0 aliphatic carbocycles. The second-order valence-electron chi connectivity index (χ2n) is 5.29. The van der Waals surface area contributed by atoms with Crippen molar-refractivity contribution >= 4 is 28.1 Å². The lowest BCUT2D eigenvalue weighted by Gasteiger charge is -2.17. The maximum absolute atomic E-state index is 11.5. The number of hydrogen-bond acceptors (Lipinski definition) is 3. The normalized spacial score (nSPS) is 10.5. The molecule has 0 aliphatic rings. The van der Waals surface area contributed by atoms with Gasteiger partial charge >= 0.3 is 5.97 Å². The Balaban J connectivity index is 2.21. The Bertz CT molecular complexity index is 887. The number of aromatic carboxylic acids is 1. The molecule has 0 atom stereocenters. The summed E-state index contributed by atoms with van der Waals surface area (Å²) in [4.78, 5) is 11.5. The molecule has 23 heavy (non-hydrogen) atoms. The minimum Gasteiger partial charge on any atom is -0.495 e. The van der Waals surface area contributed by atoms with E-state index in [0.717, 1.165) is 22.0 Å². The zero-order valence-electron chi connectivity index (χ0n) is 13.0. The number of benzene rings is 3. The Labute approximate surface area is 134 Å². The van der Waals surface area contributed by atoms with Crippen molar-refractivity contribution in [3.05, 3.63) is 65.7 Å². The minimum absolute atomic E-state index is 0.236. The van der Waals surface area contributed by atoms with Crippen LogP contribution in [0, 0.1) is 6.92 Å². The molecule has 0 saturated carbocycles. The maximum atomic E-state index is 11.5. The third-order valence-corrected chi connectivity index (χ3v) is 3.86. The van der Waals surface area contributed by atoms with Gasteiger partial charge in [0.2, 0.25) is 0 Å². The molecule has 3 aromatic carbocycles. The fourth-order valence-electron chi connectivity index (χ4n) is 2.69. The van der Waals surface area contributed by atoms with Crippen LogP contribution in [0.15, 0.2) is 54.6 Å². The van der Waals surface area contributed by atoms with Crippen LogP contribution in [-0.2, 0) is 0 Å². The molecule has 0 aromatic heterocycles. The van der Waals surface area contributed by atoms with Gasteiger partial charge in [-0.3, -0.25) is 0 Å². The summed E-state index contributed by atoms with van der Waals surface area (Å²) in [6, 6.07) is 17.0. The Kier molecular flexibility index (Phi) is 3.89. The first-order valence-corrected chi connectivity index (χ1v) is 7.27. The molecule has 2 N–H and O–H groups in total. The second-order valence-corrected chi connectivity index (χ2v) is 5.29. The van der Waals surface area contributed by atoms with Crippen LogP contribution in [-0.4, -0.2) is 18.2 Å². The fraction of sp³-hybridized carbons (Fsp3) is 0.105. The van der Waals surface area contributed by atoms with Gasteiger partial charge < -0.3 is 15.2 Å². The van der Waals surface area contributed by atoms with E-state index in [1.54, 1.807) is 19.2 Å². The van der Waals surface area contributed by atoms with Crippen molar-refractivity contribution in [2.45, 2.75) is 6.92 Å². The molecule has 0 radical (unpaired) electrons. The van der Waals surface area contributed by atoms with Crippen LogP contribution < -0.4 is 10.1 Å². The van der Waals surface area contributed by atoms with E-state index >= 15 is 0 Å². The molecule has 3 aromatic rings. The van der Waals surface area contributed by atoms with Crippen molar-refractivity contribution in [3.8, 4) is 5.75 Å². The summed E-state index contributed by atoms with van der Waals surface area (Å²) in [5.74, 6) is -0.293. The summed E-state index contributed by atoms with van der Waals surface area (Å²) >= 11 is 0. The van der Waals surface area contributed by atoms with E-state index in [1.165, 1.54) is 0 Å². The number of carboxylic acids is 1. The lowest BCUT2D eigenvalue weighted by Crippen LogP contribution is -2.05. The number of methoxy groups -OCH3 is 1. The van der Waals surface area contributed by atoms with Gasteiger partial charge in [-0.1, -0.05) is 42.5 Å². The van der Waals surface area contributed by atoms with E-state index in [1.807, 2.05) is 49.4 Å². The average Bonchev–Trinajstić information content (AvgIpc) is 2.56. The molecule has 0 unspecified atom stereocenters. The highest BCUT2D eigenvalue weighted by Crippen LogP contribution is 2.37. The number of carbonyl (C=O) groups is 1. The molecule has 0 amide bonds. The number of nitrogens with one attached hydrogen (secondary N) is 1. The molecule has 0 bridgehead atoms. The molecule has 0 heterocycles. The lowest BCUT2D eigenvalue weighted by molar-refractivity contribution is 0.0698. The van der Waals surface area contributed by atoms with E-state index in [2.05, 4.69) is 5.32 Å². The number of hydrogen-bond donors (Lipinski definition) is 2. The van der Waals surface area contributed by atoms with Crippen LogP contribution in [0.5, 0.6) is 5.75 Å². The van der Waals surface area contributed by atoms with Gasteiger partial charge in [-0.15, -0.1) is 0 Å². The zero-order valence-corrected chi connectivity index (χ0v) is 13.0. The maximum Gasteiger partial charge on any atom is 0.337 e. The highest BCUT2D eigenvalue weighted by atomic mass is 16.5. The molecule has 116 valence electrons. The van der Waals surface area contributed by atoms with Crippen molar-refractivity contribution < 1.29 is 14.6 Å². The van der Waals surface area contributed by atoms with Crippen LogP contribution in [0.3, 0.4) is 0 Å². The Morgan fingerprint density at radius 1 is 1.00 bits per heavy atom. The first-order chi connectivity index (χ1) is 11.1. The number of aryl methyl sites for hydroxylation is 1. The van der Waals surface area contributed by atoms with Gasteiger partial charge in [-0.25, -0.2) is 4.79 Å². The molecule has 0 aliphatic heterocycles. The Morgan fingerprint density at radius 2 is 1.78 bits per heavy atom. The Hall–Kier alpha value is -3.01. The number of anilines is 2. The predicted octanol–water partition coefficient (Wildman–Crippen LogP) is 4.60. The molecule has 3 rings (SSSR count). The summed E-state index contributed by atoms with van der Waals surface area (Å²) in [6.07, 6.45) is 0. The van der Waals surface area contributed by atoms with Gasteiger partial charge in [0.1, 0.15) is 5.75 Å². The largest absolute Gasteiger partial charge is 0.495 e.